The van der Waals surface area contributed by atoms with Gasteiger partial charge in [0.1, 0.15) is 0 Å². The molecule has 0 radical (unpaired) electrons. The number of methoxy groups -OCH3 is 1. The molecule has 1 N–H and O–H groups in total. The summed E-state index contributed by atoms with van der Waals surface area (Å²) in [6, 6.07) is 0.479. The first-order chi connectivity index (χ1) is 8.33. The summed E-state index contributed by atoms with van der Waals surface area (Å²) in [6.07, 6.45) is 5.41. The highest BCUT2D eigenvalue weighted by Crippen LogP contribution is 2.28. The lowest BCUT2D eigenvalue weighted by molar-refractivity contribution is -0.134. The van der Waals surface area contributed by atoms with Crippen LogP contribution in [0.4, 0.5) is 0 Å². The normalized spacial score (nSPS) is 29.6. The average molecular weight is 240 g/mol. The van der Waals surface area contributed by atoms with Crippen LogP contribution in [-0.2, 0) is 9.53 Å². The Bertz CT molecular complexity index is 252. The highest BCUT2D eigenvalue weighted by molar-refractivity contribution is 5.77. The van der Waals surface area contributed by atoms with Crippen LogP contribution in [0.15, 0.2) is 0 Å². The first-order valence-electron chi connectivity index (χ1n) is 6.82. The number of ether oxygens (including phenoxy) is 1. The van der Waals surface area contributed by atoms with Gasteiger partial charge in [0.2, 0.25) is 5.91 Å². The van der Waals surface area contributed by atoms with Gasteiger partial charge in [-0.25, -0.2) is 0 Å². The van der Waals surface area contributed by atoms with Crippen molar-refractivity contribution in [3.63, 3.8) is 0 Å². The Morgan fingerprint density at radius 1 is 1.41 bits per heavy atom. The van der Waals surface area contributed by atoms with Gasteiger partial charge in [-0.05, 0) is 44.7 Å². The zero-order chi connectivity index (χ0) is 12.1. The van der Waals surface area contributed by atoms with Crippen LogP contribution in [0.25, 0.3) is 0 Å². The molecule has 0 aromatic heterocycles. The molecule has 2 aliphatic heterocycles. The lowest BCUT2D eigenvalue weighted by Gasteiger charge is -2.34. The van der Waals surface area contributed by atoms with Gasteiger partial charge in [0.25, 0.3) is 0 Å². The van der Waals surface area contributed by atoms with Crippen LogP contribution in [0.5, 0.6) is 0 Å². The number of nitrogens with zero attached hydrogens (tertiary/aromatic N) is 1. The third-order valence-corrected chi connectivity index (χ3v) is 4.02. The summed E-state index contributed by atoms with van der Waals surface area (Å²) in [5.41, 5.74) is 0. The summed E-state index contributed by atoms with van der Waals surface area (Å²) in [6.45, 7) is 3.72. The molecule has 0 spiro atoms. The quantitative estimate of drug-likeness (QED) is 0.797. The zero-order valence-corrected chi connectivity index (χ0v) is 10.8. The number of hydrogen-bond donors (Lipinski definition) is 1. The van der Waals surface area contributed by atoms with E-state index in [1.807, 2.05) is 0 Å². The molecule has 17 heavy (non-hydrogen) atoms. The Kier molecular flexibility index (Phi) is 4.80. The number of piperidine rings is 1. The fraction of sp³-hybridized carbons (Fsp3) is 0.923. The maximum absolute atomic E-state index is 12.1. The predicted molar refractivity (Wildman–Crippen MR) is 66.8 cm³/mol. The van der Waals surface area contributed by atoms with Crippen LogP contribution in [-0.4, -0.2) is 50.2 Å². The van der Waals surface area contributed by atoms with E-state index in [4.69, 9.17) is 4.74 Å². The summed E-state index contributed by atoms with van der Waals surface area (Å²) in [5.74, 6) is 0.942. The van der Waals surface area contributed by atoms with Gasteiger partial charge in [-0.15, -0.1) is 0 Å². The highest BCUT2D eigenvalue weighted by atomic mass is 16.5. The molecule has 0 aromatic rings. The number of hydrogen-bond acceptors (Lipinski definition) is 3. The van der Waals surface area contributed by atoms with Crippen molar-refractivity contribution in [2.24, 2.45) is 5.92 Å². The van der Waals surface area contributed by atoms with Gasteiger partial charge >= 0.3 is 0 Å². The van der Waals surface area contributed by atoms with E-state index in [2.05, 4.69) is 10.2 Å². The Balaban J connectivity index is 1.89. The van der Waals surface area contributed by atoms with E-state index in [0.717, 1.165) is 19.6 Å². The Labute approximate surface area is 104 Å². The van der Waals surface area contributed by atoms with Gasteiger partial charge < -0.3 is 15.0 Å². The molecule has 2 aliphatic rings. The summed E-state index contributed by atoms with van der Waals surface area (Å²) in [5, 5.41) is 3.45. The second kappa shape index (κ2) is 6.36. The maximum Gasteiger partial charge on any atom is 0.225 e. The Morgan fingerprint density at radius 3 is 3.00 bits per heavy atom. The SMILES string of the molecule is COCCC(=O)N1CCCC1C1CCCNC1. The third-order valence-electron chi connectivity index (χ3n) is 4.02. The molecule has 2 atom stereocenters. The van der Waals surface area contributed by atoms with Gasteiger partial charge in [-0.2, -0.15) is 0 Å². The average Bonchev–Trinajstić information content (AvgIpc) is 2.86. The minimum Gasteiger partial charge on any atom is -0.384 e. The summed E-state index contributed by atoms with van der Waals surface area (Å²) in [7, 11) is 1.65. The van der Waals surface area contributed by atoms with E-state index in [0.29, 0.717) is 25.0 Å². The van der Waals surface area contributed by atoms with Crippen molar-refractivity contribution in [2.75, 3.05) is 33.4 Å². The van der Waals surface area contributed by atoms with Gasteiger partial charge in [-0.1, -0.05) is 0 Å². The molecular weight excluding hydrogens is 216 g/mol. The molecule has 98 valence electrons. The largest absolute Gasteiger partial charge is 0.384 e. The van der Waals surface area contributed by atoms with E-state index in [-0.39, 0.29) is 5.91 Å². The molecule has 1 amide bonds. The van der Waals surface area contributed by atoms with Crippen molar-refractivity contribution >= 4 is 5.91 Å². The molecule has 2 heterocycles. The van der Waals surface area contributed by atoms with E-state index >= 15 is 0 Å². The summed E-state index contributed by atoms with van der Waals surface area (Å²) >= 11 is 0. The van der Waals surface area contributed by atoms with Gasteiger partial charge in [0.05, 0.1) is 13.0 Å². The van der Waals surface area contributed by atoms with E-state index in [9.17, 15) is 4.79 Å². The van der Waals surface area contributed by atoms with Crippen LogP contribution in [0.2, 0.25) is 0 Å². The molecule has 0 bridgehead atoms. The predicted octanol–water partition coefficient (Wildman–Crippen LogP) is 1.01. The minimum atomic E-state index is 0.278. The first-order valence-corrected chi connectivity index (χ1v) is 6.82. The monoisotopic (exact) mass is 240 g/mol. The molecule has 2 unspecified atom stereocenters. The number of carbonyl (C=O) groups excluding carboxylic acids is 1. The van der Waals surface area contributed by atoms with Crippen LogP contribution >= 0.6 is 0 Å². The van der Waals surface area contributed by atoms with E-state index in [1.54, 1.807) is 7.11 Å². The summed E-state index contributed by atoms with van der Waals surface area (Å²) in [4.78, 5) is 14.2. The topological polar surface area (TPSA) is 41.6 Å². The molecular formula is C13H24N2O2. The fourth-order valence-corrected chi connectivity index (χ4v) is 3.13. The smallest absolute Gasteiger partial charge is 0.225 e. The molecule has 4 nitrogen and oxygen atoms in total. The Morgan fingerprint density at radius 2 is 2.29 bits per heavy atom. The zero-order valence-electron chi connectivity index (χ0n) is 10.8. The van der Waals surface area contributed by atoms with Crippen molar-refractivity contribution in [1.29, 1.82) is 0 Å². The number of amides is 1. The van der Waals surface area contributed by atoms with Gasteiger partial charge in [0, 0.05) is 19.7 Å². The Hall–Kier alpha value is -0.610. The lowest BCUT2D eigenvalue weighted by atomic mass is 9.90. The first kappa shape index (κ1) is 12.8. The van der Waals surface area contributed by atoms with Crippen molar-refractivity contribution in [3.05, 3.63) is 0 Å². The van der Waals surface area contributed by atoms with Crippen LogP contribution in [0, 0.1) is 5.92 Å². The molecule has 0 aromatic carbocycles. The highest BCUT2D eigenvalue weighted by Gasteiger charge is 2.34. The number of rotatable bonds is 4. The fourth-order valence-electron chi connectivity index (χ4n) is 3.13. The molecule has 0 saturated carbocycles. The second-order valence-electron chi connectivity index (χ2n) is 5.15. The molecule has 2 saturated heterocycles. The number of carbonyl (C=O) groups is 1. The standard InChI is InChI=1S/C13H24N2O2/c1-17-9-6-13(16)15-8-3-5-12(15)11-4-2-7-14-10-11/h11-12,14H,2-10H2,1H3. The maximum atomic E-state index is 12.1. The lowest BCUT2D eigenvalue weighted by Crippen LogP contribution is -2.45. The van der Waals surface area contributed by atoms with Gasteiger partial charge in [0.15, 0.2) is 0 Å². The van der Waals surface area contributed by atoms with Crippen molar-refractivity contribution in [2.45, 2.75) is 38.1 Å². The molecule has 2 fully saturated rings. The van der Waals surface area contributed by atoms with E-state index in [1.165, 1.54) is 25.7 Å². The van der Waals surface area contributed by atoms with Crippen LogP contribution in [0.3, 0.4) is 0 Å². The molecule has 4 heteroatoms. The molecule has 2 rings (SSSR count). The summed E-state index contributed by atoms with van der Waals surface area (Å²) < 4.78 is 4.99. The van der Waals surface area contributed by atoms with Crippen molar-refractivity contribution in [3.8, 4) is 0 Å². The third kappa shape index (κ3) is 3.19. The minimum absolute atomic E-state index is 0.278. The van der Waals surface area contributed by atoms with Gasteiger partial charge in [-0.3, -0.25) is 4.79 Å². The second-order valence-corrected chi connectivity index (χ2v) is 5.15. The van der Waals surface area contributed by atoms with Crippen molar-refractivity contribution in [1.82, 2.24) is 10.2 Å². The molecule has 0 aliphatic carbocycles. The van der Waals surface area contributed by atoms with Crippen molar-refractivity contribution < 1.29 is 9.53 Å². The number of likely N-dealkylation sites (tertiary alicyclic amines) is 1. The van der Waals surface area contributed by atoms with E-state index < -0.39 is 0 Å². The van der Waals surface area contributed by atoms with Crippen LogP contribution < -0.4 is 5.32 Å². The van der Waals surface area contributed by atoms with Crippen LogP contribution in [0.1, 0.15) is 32.1 Å². The number of nitrogens with one attached hydrogen (secondary N) is 1.